The number of carbonyl (C=O) groups excluding carboxylic acids is 2. The lowest BCUT2D eigenvalue weighted by Gasteiger charge is -2.05. The molecule has 0 aliphatic rings. The van der Waals surface area contributed by atoms with Crippen LogP contribution >= 0.6 is 27.3 Å². The number of nitrogens with zero attached hydrogens (tertiary/aromatic N) is 2. The van der Waals surface area contributed by atoms with Crippen LogP contribution in [-0.4, -0.2) is 23.0 Å². The highest BCUT2D eigenvalue weighted by Crippen LogP contribution is 2.22. The Morgan fingerprint density at radius 3 is 2.61 bits per heavy atom. The van der Waals surface area contributed by atoms with E-state index in [1.807, 2.05) is 5.43 Å². The summed E-state index contributed by atoms with van der Waals surface area (Å²) >= 11 is 4.14. The number of nitrogens with one attached hydrogen (secondary N) is 2. The van der Waals surface area contributed by atoms with Crippen LogP contribution in [-0.2, 0) is 9.59 Å². The molecule has 0 radical (unpaired) electrons. The van der Waals surface area contributed by atoms with Crippen molar-refractivity contribution in [2.24, 2.45) is 5.10 Å². The Hall–Kier alpha value is -2.59. The van der Waals surface area contributed by atoms with E-state index in [2.05, 4.69) is 26.3 Å². The number of hydrazone groups is 1. The highest BCUT2D eigenvalue weighted by atomic mass is 79.9. The van der Waals surface area contributed by atoms with Gasteiger partial charge in [-0.1, -0.05) is 23.5 Å². The molecule has 0 fully saturated rings. The monoisotopic (exact) mass is 396 g/mol. The van der Waals surface area contributed by atoms with Crippen LogP contribution in [0.2, 0.25) is 0 Å². The molecule has 0 bridgehead atoms. The molecule has 0 aliphatic heterocycles. The fraction of sp³-hybridized carbons (Fsp3) is 0. The summed E-state index contributed by atoms with van der Waals surface area (Å²) in [6.07, 6.45) is 1.22. The molecule has 2 amide bonds. The zero-order chi connectivity index (χ0) is 16.8. The second-order valence-corrected chi connectivity index (χ2v) is 6.01. The third-order valence-corrected chi connectivity index (χ3v) is 4.14. The van der Waals surface area contributed by atoms with E-state index in [0.29, 0.717) is 15.0 Å². The molecule has 1 heterocycles. The van der Waals surface area contributed by atoms with E-state index in [0.717, 1.165) is 11.3 Å². The van der Waals surface area contributed by atoms with Crippen LogP contribution in [0.5, 0.6) is 0 Å². The summed E-state index contributed by atoms with van der Waals surface area (Å²) in [7, 11) is 0. The Labute approximate surface area is 142 Å². The van der Waals surface area contributed by atoms with Gasteiger partial charge in [0.05, 0.1) is 21.7 Å². The second kappa shape index (κ2) is 7.61. The van der Waals surface area contributed by atoms with E-state index in [1.165, 1.54) is 18.3 Å². The van der Waals surface area contributed by atoms with Crippen LogP contribution in [0.15, 0.2) is 46.0 Å². The SMILES string of the molecule is O=C(NN=Cc1ccc([N+](=O)[O-])s1)C(=O)Nc1ccccc1Br. The van der Waals surface area contributed by atoms with Crippen LogP contribution in [0, 0.1) is 10.1 Å². The van der Waals surface area contributed by atoms with Crippen molar-refractivity contribution in [3.05, 3.63) is 55.9 Å². The van der Waals surface area contributed by atoms with Crippen LogP contribution in [0.25, 0.3) is 0 Å². The summed E-state index contributed by atoms with van der Waals surface area (Å²) < 4.78 is 0.635. The number of para-hydroxylation sites is 1. The molecule has 10 heteroatoms. The predicted molar refractivity (Wildman–Crippen MR) is 89.5 cm³/mol. The van der Waals surface area contributed by atoms with Gasteiger partial charge in [-0.15, -0.1) is 0 Å². The fourth-order valence-corrected chi connectivity index (χ4v) is 2.53. The minimum absolute atomic E-state index is 0.0375. The third kappa shape index (κ3) is 4.69. The first-order valence-electron chi connectivity index (χ1n) is 6.10. The fourth-order valence-electron chi connectivity index (χ4n) is 1.46. The first-order chi connectivity index (χ1) is 11.0. The Kier molecular flexibility index (Phi) is 5.55. The molecule has 0 saturated heterocycles. The zero-order valence-electron chi connectivity index (χ0n) is 11.4. The van der Waals surface area contributed by atoms with Gasteiger partial charge in [-0.25, -0.2) is 5.43 Å². The third-order valence-electron chi connectivity index (χ3n) is 2.48. The minimum Gasteiger partial charge on any atom is -0.317 e. The quantitative estimate of drug-likeness (QED) is 0.357. The lowest BCUT2D eigenvalue weighted by atomic mass is 10.3. The van der Waals surface area contributed by atoms with E-state index < -0.39 is 16.7 Å². The number of hydrogen-bond donors (Lipinski definition) is 2. The number of anilines is 1. The molecule has 1 aromatic carbocycles. The highest BCUT2D eigenvalue weighted by molar-refractivity contribution is 9.10. The van der Waals surface area contributed by atoms with Gasteiger partial charge < -0.3 is 5.32 Å². The summed E-state index contributed by atoms with van der Waals surface area (Å²) in [6.45, 7) is 0. The minimum atomic E-state index is -0.956. The molecule has 0 atom stereocenters. The molecular weight excluding hydrogens is 388 g/mol. The van der Waals surface area contributed by atoms with E-state index in [4.69, 9.17) is 0 Å². The maximum absolute atomic E-state index is 11.7. The van der Waals surface area contributed by atoms with Crippen LogP contribution in [0.3, 0.4) is 0 Å². The standard InChI is InChI=1S/C13H9BrN4O4S/c14-9-3-1-2-4-10(9)16-12(19)13(20)17-15-7-8-5-6-11(23-8)18(21)22/h1-7H,(H,16,19)(H,17,20). The van der Waals surface area contributed by atoms with Gasteiger partial charge in [-0.05, 0) is 34.1 Å². The lowest BCUT2D eigenvalue weighted by molar-refractivity contribution is -0.380. The molecule has 2 rings (SSSR count). The Morgan fingerprint density at radius 1 is 1.22 bits per heavy atom. The molecule has 0 spiro atoms. The summed E-state index contributed by atoms with van der Waals surface area (Å²) in [6, 6.07) is 9.64. The van der Waals surface area contributed by atoms with Gasteiger partial charge in [0.25, 0.3) is 0 Å². The van der Waals surface area contributed by atoms with Crippen molar-refractivity contribution in [3.63, 3.8) is 0 Å². The molecule has 2 aromatic rings. The molecule has 8 nitrogen and oxygen atoms in total. The summed E-state index contributed by atoms with van der Waals surface area (Å²) in [5.74, 6) is -1.84. The van der Waals surface area contributed by atoms with Crippen molar-refractivity contribution in [2.75, 3.05) is 5.32 Å². The number of benzene rings is 1. The van der Waals surface area contributed by atoms with Gasteiger partial charge in [0.15, 0.2) is 0 Å². The summed E-state index contributed by atoms with van der Waals surface area (Å²) in [5.41, 5.74) is 2.50. The molecule has 0 aliphatic carbocycles. The van der Waals surface area contributed by atoms with E-state index >= 15 is 0 Å². The van der Waals surface area contributed by atoms with Gasteiger partial charge in [0.2, 0.25) is 0 Å². The molecule has 23 heavy (non-hydrogen) atoms. The van der Waals surface area contributed by atoms with Crippen molar-refractivity contribution >= 4 is 56.0 Å². The largest absolute Gasteiger partial charge is 0.329 e. The highest BCUT2D eigenvalue weighted by Gasteiger charge is 2.14. The van der Waals surface area contributed by atoms with E-state index in [-0.39, 0.29) is 5.00 Å². The first-order valence-corrected chi connectivity index (χ1v) is 7.71. The van der Waals surface area contributed by atoms with Gasteiger partial charge in [-0.2, -0.15) is 5.10 Å². The van der Waals surface area contributed by atoms with Crippen molar-refractivity contribution in [3.8, 4) is 0 Å². The second-order valence-electron chi connectivity index (χ2n) is 4.07. The Balaban J connectivity index is 1.91. The smallest absolute Gasteiger partial charge is 0.317 e. The molecular formula is C13H9BrN4O4S. The van der Waals surface area contributed by atoms with Crippen molar-refractivity contribution in [1.82, 2.24) is 5.43 Å². The topological polar surface area (TPSA) is 114 Å². The van der Waals surface area contributed by atoms with Gasteiger partial charge >= 0.3 is 16.8 Å². The van der Waals surface area contributed by atoms with Gasteiger partial charge in [0.1, 0.15) is 0 Å². The lowest BCUT2D eigenvalue weighted by Crippen LogP contribution is -2.32. The van der Waals surface area contributed by atoms with Gasteiger partial charge in [0, 0.05) is 10.5 Å². The number of rotatable bonds is 4. The predicted octanol–water partition coefficient (Wildman–Crippen LogP) is 2.51. The van der Waals surface area contributed by atoms with Crippen LogP contribution < -0.4 is 10.7 Å². The normalized spacial score (nSPS) is 10.5. The Morgan fingerprint density at radius 2 is 1.96 bits per heavy atom. The summed E-state index contributed by atoms with van der Waals surface area (Å²) in [5, 5.41) is 16.5. The summed E-state index contributed by atoms with van der Waals surface area (Å²) in [4.78, 5) is 33.8. The molecule has 0 saturated carbocycles. The van der Waals surface area contributed by atoms with E-state index in [1.54, 1.807) is 24.3 Å². The first kappa shape index (κ1) is 16.8. The number of thiophene rings is 1. The average Bonchev–Trinajstić information content (AvgIpc) is 2.98. The number of carbonyl (C=O) groups is 2. The maximum Gasteiger partial charge on any atom is 0.329 e. The molecule has 2 N–H and O–H groups in total. The van der Waals surface area contributed by atoms with E-state index in [9.17, 15) is 19.7 Å². The molecule has 1 aromatic heterocycles. The molecule has 0 unspecified atom stereocenters. The van der Waals surface area contributed by atoms with Crippen LogP contribution in [0.1, 0.15) is 4.88 Å². The zero-order valence-corrected chi connectivity index (χ0v) is 13.8. The Bertz CT molecular complexity index is 790. The van der Waals surface area contributed by atoms with Gasteiger partial charge in [-0.3, -0.25) is 19.7 Å². The number of halogens is 1. The number of hydrogen-bond acceptors (Lipinski definition) is 6. The van der Waals surface area contributed by atoms with Crippen molar-refractivity contribution in [1.29, 1.82) is 0 Å². The average molecular weight is 397 g/mol. The van der Waals surface area contributed by atoms with Crippen molar-refractivity contribution < 1.29 is 14.5 Å². The number of nitro groups is 1. The van der Waals surface area contributed by atoms with Crippen molar-refractivity contribution in [2.45, 2.75) is 0 Å². The van der Waals surface area contributed by atoms with Crippen LogP contribution in [0.4, 0.5) is 10.7 Å². The maximum atomic E-state index is 11.7. The number of amides is 2. The molecule has 118 valence electrons.